The molecule has 0 fully saturated rings. The minimum atomic E-state index is -0.0344. The van der Waals surface area contributed by atoms with Crippen LogP contribution in [-0.2, 0) is 17.8 Å². The van der Waals surface area contributed by atoms with E-state index in [-0.39, 0.29) is 12.3 Å². The number of thiophene rings is 1. The number of furan rings is 1. The number of nitrogens with zero attached hydrogens (tertiary/aromatic N) is 3. The molecule has 0 aliphatic heterocycles. The van der Waals surface area contributed by atoms with Gasteiger partial charge in [-0.15, -0.1) is 10.2 Å². The van der Waals surface area contributed by atoms with Crippen LogP contribution in [0.15, 0.2) is 74.4 Å². The molecule has 0 aliphatic rings. The first-order chi connectivity index (χ1) is 13.3. The summed E-state index contributed by atoms with van der Waals surface area (Å²) >= 11 is 1.57. The van der Waals surface area contributed by atoms with E-state index in [1.165, 1.54) is 0 Å². The lowest BCUT2D eigenvalue weighted by atomic mass is 10.2. The van der Waals surface area contributed by atoms with E-state index in [1.807, 2.05) is 59.3 Å². The predicted molar refractivity (Wildman–Crippen MR) is 102 cm³/mol. The van der Waals surface area contributed by atoms with Gasteiger partial charge in [-0.05, 0) is 35.7 Å². The summed E-state index contributed by atoms with van der Waals surface area (Å²) in [6.45, 7) is 0.375. The van der Waals surface area contributed by atoms with Crippen molar-refractivity contribution in [1.29, 1.82) is 0 Å². The maximum absolute atomic E-state index is 12.9. The van der Waals surface area contributed by atoms with Gasteiger partial charge in [0.15, 0.2) is 0 Å². The Balaban J connectivity index is 1.45. The molecule has 0 spiro atoms. The smallest absolute Gasteiger partial charge is 0.248 e. The third-order valence-electron chi connectivity index (χ3n) is 4.05. The Labute approximate surface area is 160 Å². The minimum Gasteiger partial charge on any atom is -0.467 e. The highest BCUT2D eigenvalue weighted by atomic mass is 32.1. The van der Waals surface area contributed by atoms with Crippen molar-refractivity contribution < 1.29 is 13.6 Å². The zero-order valence-corrected chi connectivity index (χ0v) is 15.3. The van der Waals surface area contributed by atoms with Crippen molar-refractivity contribution in [3.8, 4) is 11.5 Å². The molecule has 0 atom stereocenters. The van der Waals surface area contributed by atoms with Crippen LogP contribution in [-0.4, -0.2) is 16.1 Å². The van der Waals surface area contributed by atoms with Gasteiger partial charge in [0.05, 0.1) is 12.8 Å². The van der Waals surface area contributed by atoms with Gasteiger partial charge < -0.3 is 13.7 Å². The number of aryl methyl sites for hydroxylation is 1. The first-order valence-corrected chi connectivity index (χ1v) is 9.46. The molecule has 3 heterocycles. The van der Waals surface area contributed by atoms with Gasteiger partial charge in [-0.3, -0.25) is 4.79 Å². The average molecular weight is 379 g/mol. The highest BCUT2D eigenvalue weighted by molar-refractivity contribution is 7.08. The first kappa shape index (κ1) is 17.2. The molecule has 0 unspecified atom stereocenters. The van der Waals surface area contributed by atoms with Crippen LogP contribution in [0.4, 0.5) is 5.69 Å². The van der Waals surface area contributed by atoms with E-state index in [9.17, 15) is 4.79 Å². The van der Waals surface area contributed by atoms with Gasteiger partial charge in [0.2, 0.25) is 17.7 Å². The second-order valence-corrected chi connectivity index (χ2v) is 6.69. The van der Waals surface area contributed by atoms with Crippen molar-refractivity contribution >= 4 is 22.9 Å². The van der Waals surface area contributed by atoms with Crippen molar-refractivity contribution in [3.63, 3.8) is 0 Å². The van der Waals surface area contributed by atoms with Crippen LogP contribution in [0, 0.1) is 0 Å². The molecule has 4 aromatic rings. The summed E-state index contributed by atoms with van der Waals surface area (Å²) < 4.78 is 11.1. The number of hydrogen-bond donors (Lipinski definition) is 0. The van der Waals surface area contributed by atoms with Crippen molar-refractivity contribution in [3.05, 3.63) is 77.2 Å². The summed E-state index contributed by atoms with van der Waals surface area (Å²) in [5.74, 6) is 1.63. The summed E-state index contributed by atoms with van der Waals surface area (Å²) in [6, 6.07) is 15.1. The minimum absolute atomic E-state index is 0.0344. The molecule has 4 rings (SSSR count). The van der Waals surface area contributed by atoms with Gasteiger partial charge >= 0.3 is 0 Å². The summed E-state index contributed by atoms with van der Waals surface area (Å²) in [6.07, 6.45) is 2.26. The molecule has 3 aromatic heterocycles. The lowest BCUT2D eigenvalue weighted by molar-refractivity contribution is -0.118. The number of hydrogen-bond acceptors (Lipinski definition) is 6. The molecule has 0 aliphatic carbocycles. The van der Waals surface area contributed by atoms with Gasteiger partial charge in [0.1, 0.15) is 5.76 Å². The van der Waals surface area contributed by atoms with Gasteiger partial charge in [0.25, 0.3) is 0 Å². The van der Waals surface area contributed by atoms with Crippen molar-refractivity contribution in [2.24, 2.45) is 0 Å². The van der Waals surface area contributed by atoms with Crippen LogP contribution < -0.4 is 4.90 Å². The van der Waals surface area contributed by atoms with Gasteiger partial charge in [-0.2, -0.15) is 11.3 Å². The van der Waals surface area contributed by atoms with Crippen LogP contribution in [0.3, 0.4) is 0 Å². The molecule has 7 heteroatoms. The summed E-state index contributed by atoms with van der Waals surface area (Å²) in [5, 5.41) is 12.0. The molecule has 0 N–H and O–H groups in total. The molecular formula is C20H17N3O3S. The topological polar surface area (TPSA) is 72.4 Å². The number of carbonyl (C=O) groups is 1. The van der Waals surface area contributed by atoms with Crippen LogP contribution in [0.25, 0.3) is 11.5 Å². The summed E-state index contributed by atoms with van der Waals surface area (Å²) in [7, 11) is 0. The monoisotopic (exact) mass is 379 g/mol. The zero-order valence-electron chi connectivity index (χ0n) is 14.4. The van der Waals surface area contributed by atoms with Gasteiger partial charge in [-0.1, -0.05) is 18.2 Å². The van der Waals surface area contributed by atoms with E-state index in [0.717, 1.165) is 17.0 Å². The van der Waals surface area contributed by atoms with Crippen LogP contribution in [0.5, 0.6) is 0 Å². The number of rotatable bonds is 7. The lowest BCUT2D eigenvalue weighted by Gasteiger charge is -2.21. The Bertz CT molecular complexity index is 979. The Morgan fingerprint density at radius 1 is 1.07 bits per heavy atom. The highest BCUT2D eigenvalue weighted by Gasteiger charge is 2.19. The standard InChI is InChI=1S/C20H17N3O3S/c24-19(9-8-18-21-22-20(26-18)15-10-12-27-14-15)23(13-17-7-4-11-25-17)16-5-2-1-3-6-16/h1-7,10-12,14H,8-9,13H2. The Hall–Kier alpha value is -3.19. The fourth-order valence-corrected chi connectivity index (χ4v) is 3.33. The lowest BCUT2D eigenvalue weighted by Crippen LogP contribution is -2.30. The Morgan fingerprint density at radius 3 is 2.70 bits per heavy atom. The van der Waals surface area contributed by atoms with E-state index in [2.05, 4.69) is 10.2 Å². The zero-order chi connectivity index (χ0) is 18.5. The van der Waals surface area contributed by atoms with Crippen molar-refractivity contribution in [1.82, 2.24) is 10.2 Å². The van der Waals surface area contributed by atoms with E-state index < -0.39 is 0 Å². The quantitative estimate of drug-likeness (QED) is 0.471. The van der Waals surface area contributed by atoms with Crippen molar-refractivity contribution in [2.45, 2.75) is 19.4 Å². The molecule has 6 nitrogen and oxygen atoms in total. The normalized spacial score (nSPS) is 10.8. The second kappa shape index (κ2) is 8.01. The molecule has 0 bridgehead atoms. The fourth-order valence-electron chi connectivity index (χ4n) is 2.70. The van der Waals surface area contributed by atoms with Gasteiger partial charge in [0, 0.05) is 29.5 Å². The summed E-state index contributed by atoms with van der Waals surface area (Å²) in [4.78, 5) is 14.6. The average Bonchev–Trinajstić information content (AvgIpc) is 3.47. The number of benzene rings is 1. The molecule has 1 aromatic carbocycles. The van der Waals surface area contributed by atoms with E-state index in [4.69, 9.17) is 8.83 Å². The number of amides is 1. The predicted octanol–water partition coefficient (Wildman–Crippen LogP) is 4.56. The van der Waals surface area contributed by atoms with Crippen molar-refractivity contribution in [2.75, 3.05) is 4.90 Å². The van der Waals surface area contributed by atoms with Crippen LogP contribution in [0.1, 0.15) is 18.1 Å². The molecule has 1 amide bonds. The molecular weight excluding hydrogens is 362 g/mol. The number of carbonyl (C=O) groups excluding carboxylic acids is 1. The second-order valence-electron chi connectivity index (χ2n) is 5.91. The maximum Gasteiger partial charge on any atom is 0.248 e. The highest BCUT2D eigenvalue weighted by Crippen LogP contribution is 2.22. The van der Waals surface area contributed by atoms with Crippen LogP contribution in [0.2, 0.25) is 0 Å². The SMILES string of the molecule is O=C(CCc1nnc(-c2ccsc2)o1)N(Cc1ccco1)c1ccccc1. The van der Waals surface area contributed by atoms with E-state index in [0.29, 0.717) is 24.7 Å². The van der Waals surface area contributed by atoms with Crippen LogP contribution >= 0.6 is 11.3 Å². The third-order valence-corrected chi connectivity index (χ3v) is 4.73. The first-order valence-electron chi connectivity index (χ1n) is 8.52. The molecule has 0 saturated carbocycles. The molecule has 136 valence electrons. The largest absolute Gasteiger partial charge is 0.467 e. The van der Waals surface area contributed by atoms with Gasteiger partial charge in [-0.25, -0.2) is 0 Å². The molecule has 27 heavy (non-hydrogen) atoms. The third kappa shape index (κ3) is 4.15. The number of anilines is 1. The maximum atomic E-state index is 12.9. The molecule has 0 radical (unpaired) electrons. The Kier molecular flexibility index (Phi) is 5.11. The fraction of sp³-hybridized carbons (Fsp3) is 0.150. The summed E-state index contributed by atoms with van der Waals surface area (Å²) in [5.41, 5.74) is 1.72. The Morgan fingerprint density at radius 2 is 1.96 bits per heavy atom. The number of aromatic nitrogens is 2. The number of para-hydroxylation sites is 1. The van der Waals surface area contributed by atoms with E-state index in [1.54, 1.807) is 22.5 Å². The van der Waals surface area contributed by atoms with E-state index >= 15 is 0 Å². The molecule has 0 saturated heterocycles.